The molecule has 1 amide bonds. The van der Waals surface area contributed by atoms with E-state index in [2.05, 4.69) is 5.32 Å². The minimum absolute atomic E-state index is 0.0368. The third-order valence-corrected chi connectivity index (χ3v) is 3.79. The van der Waals surface area contributed by atoms with Crippen LogP contribution in [0.3, 0.4) is 0 Å². The second-order valence-electron chi connectivity index (χ2n) is 5.14. The van der Waals surface area contributed by atoms with Crippen LogP contribution in [-0.4, -0.2) is 23.4 Å². The monoisotopic (exact) mass is 267 g/mol. The number of hydrogen-bond donors (Lipinski definition) is 2. The Morgan fingerprint density at radius 3 is 2.78 bits per heavy atom. The number of carbonyl (C=O) groups is 1. The van der Waals surface area contributed by atoms with Crippen molar-refractivity contribution in [2.45, 2.75) is 26.2 Å². The average molecular weight is 268 g/mol. The molecule has 3 nitrogen and oxygen atoms in total. The molecule has 0 unspecified atom stereocenters. The van der Waals surface area contributed by atoms with Gasteiger partial charge in [-0.2, -0.15) is 0 Å². The number of aromatic hydroxyl groups is 1. The topological polar surface area (TPSA) is 49.3 Å². The van der Waals surface area contributed by atoms with Crippen molar-refractivity contribution < 1.29 is 9.90 Å². The van der Waals surface area contributed by atoms with Gasteiger partial charge in [0.05, 0.1) is 5.56 Å². The Morgan fingerprint density at radius 1 is 1.50 bits per heavy atom. The number of phenols is 1. The van der Waals surface area contributed by atoms with E-state index < -0.39 is 0 Å². The second kappa shape index (κ2) is 5.19. The van der Waals surface area contributed by atoms with Gasteiger partial charge in [-0.05, 0) is 49.3 Å². The van der Waals surface area contributed by atoms with Crippen molar-refractivity contribution in [3.05, 3.63) is 29.3 Å². The zero-order valence-corrected chi connectivity index (χ0v) is 11.3. The summed E-state index contributed by atoms with van der Waals surface area (Å²) in [6.45, 7) is 2.52. The Hall–Kier alpha value is -1.22. The fourth-order valence-electron chi connectivity index (χ4n) is 2.09. The molecule has 1 aromatic carbocycles. The van der Waals surface area contributed by atoms with Gasteiger partial charge in [-0.25, -0.2) is 0 Å². The molecule has 0 saturated heterocycles. The summed E-state index contributed by atoms with van der Waals surface area (Å²) in [5, 5.41) is 12.6. The number of benzene rings is 1. The van der Waals surface area contributed by atoms with E-state index in [0.29, 0.717) is 18.0 Å². The van der Waals surface area contributed by atoms with E-state index in [9.17, 15) is 9.90 Å². The Bertz CT molecular complexity index is 455. The molecule has 0 atom stereocenters. The van der Waals surface area contributed by atoms with Crippen LogP contribution in [0.25, 0.3) is 0 Å². The maximum Gasteiger partial charge on any atom is 0.255 e. The molecular weight excluding hydrogens is 250 g/mol. The van der Waals surface area contributed by atoms with Gasteiger partial charge in [0, 0.05) is 12.4 Å². The normalized spacial score (nSPS) is 16.3. The maximum absolute atomic E-state index is 12.0. The summed E-state index contributed by atoms with van der Waals surface area (Å²) < 4.78 is 0. The highest BCUT2D eigenvalue weighted by molar-refractivity contribution is 6.17. The number of nitrogens with one attached hydrogen (secondary N) is 1. The SMILES string of the molecule is Cc1ccc(C(=O)NCC2(CCCl)CC2)c(O)c1. The molecule has 0 aromatic heterocycles. The van der Waals surface area contributed by atoms with Gasteiger partial charge in [-0.1, -0.05) is 6.07 Å². The lowest BCUT2D eigenvalue weighted by Gasteiger charge is -2.14. The third-order valence-electron chi connectivity index (χ3n) is 3.60. The van der Waals surface area contributed by atoms with E-state index in [1.165, 1.54) is 0 Å². The first-order valence-corrected chi connectivity index (χ1v) is 6.74. The molecule has 2 rings (SSSR count). The molecule has 1 aliphatic rings. The summed E-state index contributed by atoms with van der Waals surface area (Å²) >= 11 is 5.75. The predicted octanol–water partition coefficient (Wildman–Crippen LogP) is 2.84. The Balaban J connectivity index is 1.96. The molecule has 1 aromatic rings. The van der Waals surface area contributed by atoms with Crippen molar-refractivity contribution in [1.29, 1.82) is 0 Å². The van der Waals surface area contributed by atoms with Crippen molar-refractivity contribution in [1.82, 2.24) is 5.32 Å². The molecule has 18 heavy (non-hydrogen) atoms. The predicted molar refractivity (Wildman–Crippen MR) is 72.2 cm³/mol. The Kier molecular flexibility index (Phi) is 3.81. The number of rotatable bonds is 5. The molecule has 0 spiro atoms. The van der Waals surface area contributed by atoms with Crippen molar-refractivity contribution in [2.75, 3.05) is 12.4 Å². The van der Waals surface area contributed by atoms with Crippen LogP contribution in [0.4, 0.5) is 0 Å². The lowest BCUT2D eigenvalue weighted by Crippen LogP contribution is -2.30. The first-order valence-electron chi connectivity index (χ1n) is 6.20. The summed E-state index contributed by atoms with van der Waals surface area (Å²) in [7, 11) is 0. The molecule has 1 aliphatic carbocycles. The fraction of sp³-hybridized carbons (Fsp3) is 0.500. The minimum atomic E-state index is -0.214. The van der Waals surface area contributed by atoms with Crippen LogP contribution in [0.2, 0.25) is 0 Å². The number of phenolic OH excluding ortho intramolecular Hbond substituents is 1. The lowest BCUT2D eigenvalue weighted by molar-refractivity contribution is 0.0941. The summed E-state index contributed by atoms with van der Waals surface area (Å²) in [6, 6.07) is 5.07. The largest absolute Gasteiger partial charge is 0.507 e. The van der Waals surface area contributed by atoms with Crippen molar-refractivity contribution in [3.8, 4) is 5.75 Å². The fourth-order valence-corrected chi connectivity index (χ4v) is 2.49. The highest BCUT2D eigenvalue weighted by atomic mass is 35.5. The van der Waals surface area contributed by atoms with Crippen LogP contribution in [0.5, 0.6) is 5.75 Å². The van der Waals surface area contributed by atoms with E-state index in [1.54, 1.807) is 12.1 Å². The lowest BCUT2D eigenvalue weighted by atomic mass is 10.0. The van der Waals surface area contributed by atoms with Crippen molar-refractivity contribution in [2.24, 2.45) is 5.41 Å². The number of carbonyl (C=O) groups excluding carboxylic acids is 1. The summed E-state index contributed by atoms with van der Waals surface area (Å²) in [5.74, 6) is 0.453. The average Bonchev–Trinajstić information content (AvgIpc) is 3.07. The van der Waals surface area contributed by atoms with Gasteiger partial charge in [0.15, 0.2) is 0 Å². The molecule has 1 saturated carbocycles. The van der Waals surface area contributed by atoms with Crippen LogP contribution >= 0.6 is 11.6 Å². The molecule has 1 fully saturated rings. The molecule has 0 bridgehead atoms. The third kappa shape index (κ3) is 2.96. The zero-order valence-electron chi connectivity index (χ0n) is 10.5. The van der Waals surface area contributed by atoms with E-state index in [1.807, 2.05) is 13.0 Å². The van der Waals surface area contributed by atoms with Gasteiger partial charge >= 0.3 is 0 Å². The Labute approximate surface area is 112 Å². The van der Waals surface area contributed by atoms with Crippen LogP contribution < -0.4 is 5.32 Å². The summed E-state index contributed by atoms with van der Waals surface area (Å²) in [5.41, 5.74) is 1.48. The smallest absolute Gasteiger partial charge is 0.255 e. The van der Waals surface area contributed by atoms with E-state index in [4.69, 9.17) is 11.6 Å². The highest BCUT2D eigenvalue weighted by Crippen LogP contribution is 2.48. The van der Waals surface area contributed by atoms with Crippen molar-refractivity contribution >= 4 is 17.5 Å². The minimum Gasteiger partial charge on any atom is -0.507 e. The molecule has 2 N–H and O–H groups in total. The molecular formula is C14H18ClNO2. The first-order chi connectivity index (χ1) is 8.56. The van der Waals surface area contributed by atoms with E-state index in [-0.39, 0.29) is 17.1 Å². The van der Waals surface area contributed by atoms with Gasteiger partial charge in [-0.3, -0.25) is 4.79 Å². The molecule has 98 valence electrons. The molecule has 4 heteroatoms. The molecule has 0 radical (unpaired) electrons. The van der Waals surface area contributed by atoms with Crippen LogP contribution in [0.15, 0.2) is 18.2 Å². The Morgan fingerprint density at radius 2 is 2.22 bits per heavy atom. The molecule has 0 heterocycles. The maximum atomic E-state index is 12.0. The zero-order chi connectivity index (χ0) is 13.2. The number of halogens is 1. The number of amides is 1. The van der Waals surface area contributed by atoms with E-state index in [0.717, 1.165) is 24.8 Å². The standard InChI is InChI=1S/C14H18ClNO2/c1-10-2-3-11(12(17)8-10)13(18)16-9-14(4-5-14)6-7-15/h2-3,8,17H,4-7,9H2,1H3,(H,16,18). The quantitative estimate of drug-likeness (QED) is 0.806. The van der Waals surface area contributed by atoms with Crippen LogP contribution in [0, 0.1) is 12.3 Å². The molecule has 0 aliphatic heterocycles. The van der Waals surface area contributed by atoms with Gasteiger partial charge < -0.3 is 10.4 Å². The first kappa shape index (κ1) is 13.2. The summed E-state index contributed by atoms with van der Waals surface area (Å²) in [6.07, 6.45) is 3.19. The number of hydrogen-bond acceptors (Lipinski definition) is 2. The van der Waals surface area contributed by atoms with Crippen LogP contribution in [0.1, 0.15) is 35.2 Å². The van der Waals surface area contributed by atoms with Gasteiger partial charge in [0.1, 0.15) is 5.75 Å². The van der Waals surface area contributed by atoms with Crippen LogP contribution in [-0.2, 0) is 0 Å². The van der Waals surface area contributed by atoms with Gasteiger partial charge in [0.2, 0.25) is 0 Å². The second-order valence-corrected chi connectivity index (χ2v) is 5.52. The van der Waals surface area contributed by atoms with Crippen molar-refractivity contribution in [3.63, 3.8) is 0 Å². The van der Waals surface area contributed by atoms with Gasteiger partial charge in [0.25, 0.3) is 5.91 Å². The number of aryl methyl sites for hydroxylation is 1. The van der Waals surface area contributed by atoms with E-state index >= 15 is 0 Å². The van der Waals surface area contributed by atoms with Gasteiger partial charge in [-0.15, -0.1) is 11.6 Å². The number of alkyl halides is 1. The highest BCUT2D eigenvalue weighted by Gasteiger charge is 2.41. The summed E-state index contributed by atoms with van der Waals surface area (Å²) in [4.78, 5) is 12.0.